The SMILES string of the molecule is CCN(N)CC.I.S/C=C/c1c[nH]c2ncc(OC3C=CC=CC3)cc12.[HH]. The van der Waals surface area contributed by atoms with Gasteiger partial charge in [-0.05, 0) is 23.6 Å². The zero-order valence-corrected chi connectivity index (χ0v) is 18.4. The minimum Gasteiger partial charge on any atom is -0.484 e. The molecule has 1 aliphatic rings. The number of nitrogens with two attached hydrogens (primary N) is 1. The first-order valence-corrected chi connectivity index (χ1v) is 8.97. The van der Waals surface area contributed by atoms with Gasteiger partial charge in [-0.25, -0.2) is 9.99 Å². The largest absolute Gasteiger partial charge is 0.484 e. The summed E-state index contributed by atoms with van der Waals surface area (Å²) in [5.74, 6) is 6.09. The highest BCUT2D eigenvalue weighted by molar-refractivity contribution is 14.0. The number of hydrazine groups is 1. The van der Waals surface area contributed by atoms with E-state index < -0.39 is 0 Å². The number of ether oxygens (including phenoxy) is 1. The lowest BCUT2D eigenvalue weighted by molar-refractivity contribution is 0.251. The molecule has 3 rings (SSSR count). The maximum absolute atomic E-state index is 5.91. The summed E-state index contributed by atoms with van der Waals surface area (Å²) < 4.78 is 5.91. The summed E-state index contributed by atoms with van der Waals surface area (Å²) in [6, 6.07) is 2.01. The highest BCUT2D eigenvalue weighted by Crippen LogP contribution is 2.24. The van der Waals surface area contributed by atoms with Crippen LogP contribution in [0.5, 0.6) is 5.75 Å². The Balaban J connectivity index is 0.000000744. The molecule has 26 heavy (non-hydrogen) atoms. The lowest BCUT2D eigenvalue weighted by atomic mass is 10.1. The van der Waals surface area contributed by atoms with Crippen LogP contribution in [-0.2, 0) is 0 Å². The Kier molecular flexibility index (Phi) is 10.6. The molecule has 5 nitrogen and oxygen atoms in total. The van der Waals surface area contributed by atoms with Crippen LogP contribution in [0.3, 0.4) is 0 Å². The van der Waals surface area contributed by atoms with Crippen LogP contribution in [0.25, 0.3) is 17.1 Å². The number of halogens is 1. The second kappa shape index (κ2) is 12.2. The number of fused-ring (bicyclic) bond motifs is 1. The molecule has 0 spiro atoms. The maximum atomic E-state index is 5.91. The first-order valence-electron chi connectivity index (χ1n) is 8.45. The molecule has 2 heterocycles. The summed E-state index contributed by atoms with van der Waals surface area (Å²) >= 11 is 4.10. The molecular formula is C19H29IN4OS. The van der Waals surface area contributed by atoms with E-state index in [9.17, 15) is 0 Å². The highest BCUT2D eigenvalue weighted by atomic mass is 127. The fourth-order valence-electron chi connectivity index (χ4n) is 2.33. The van der Waals surface area contributed by atoms with Crippen LogP contribution >= 0.6 is 36.6 Å². The van der Waals surface area contributed by atoms with Gasteiger partial charge in [-0.15, -0.1) is 24.0 Å². The van der Waals surface area contributed by atoms with Gasteiger partial charge in [-0.2, -0.15) is 12.6 Å². The van der Waals surface area contributed by atoms with E-state index in [-0.39, 0.29) is 31.5 Å². The Morgan fingerprint density at radius 1 is 1.42 bits per heavy atom. The second-order valence-corrected chi connectivity index (χ2v) is 5.85. The van der Waals surface area contributed by atoms with Gasteiger partial charge >= 0.3 is 0 Å². The van der Waals surface area contributed by atoms with E-state index >= 15 is 0 Å². The van der Waals surface area contributed by atoms with Crippen molar-refractivity contribution in [3.63, 3.8) is 0 Å². The van der Waals surface area contributed by atoms with Crippen LogP contribution < -0.4 is 10.6 Å². The number of pyridine rings is 1. The molecule has 0 aromatic carbocycles. The van der Waals surface area contributed by atoms with E-state index in [1.807, 2.05) is 44.3 Å². The molecule has 0 fully saturated rings. The highest BCUT2D eigenvalue weighted by Gasteiger charge is 2.09. The Morgan fingerprint density at radius 3 is 2.77 bits per heavy atom. The second-order valence-electron chi connectivity index (χ2n) is 5.55. The molecule has 0 saturated heterocycles. The smallest absolute Gasteiger partial charge is 0.139 e. The molecule has 1 atom stereocenters. The lowest BCUT2D eigenvalue weighted by Crippen LogP contribution is -2.29. The number of rotatable bonds is 5. The predicted octanol–water partition coefficient (Wildman–Crippen LogP) is 4.79. The summed E-state index contributed by atoms with van der Waals surface area (Å²) in [5, 5.41) is 4.50. The summed E-state index contributed by atoms with van der Waals surface area (Å²) in [5.41, 5.74) is 1.91. The number of hydrogen-bond donors (Lipinski definition) is 3. The van der Waals surface area contributed by atoms with Crippen LogP contribution in [0.1, 0.15) is 27.3 Å². The number of hydrogen-bond acceptors (Lipinski definition) is 5. The van der Waals surface area contributed by atoms with Crippen molar-refractivity contribution < 1.29 is 6.16 Å². The standard InChI is InChI=1S/C15H14N2OS.C4H12N2.HI.H2/c19-7-6-11-9-16-15-14(11)8-13(10-17-15)18-12-4-2-1-3-5-12;1-3-6(5)4-2;;/h1-4,6-10,12,19H,5H2,(H,16,17);3-5H2,1-2H3;2*1H/b7-6+;;;. The van der Waals surface area contributed by atoms with Crippen molar-refractivity contribution in [2.24, 2.45) is 5.84 Å². The third kappa shape index (κ3) is 6.79. The van der Waals surface area contributed by atoms with Gasteiger partial charge in [0, 0.05) is 38.1 Å². The molecule has 144 valence electrons. The first-order chi connectivity index (χ1) is 12.2. The maximum Gasteiger partial charge on any atom is 0.139 e. The van der Waals surface area contributed by atoms with Crippen molar-refractivity contribution >= 4 is 53.7 Å². The summed E-state index contributed by atoms with van der Waals surface area (Å²) in [4.78, 5) is 7.49. The molecule has 3 N–H and O–H groups in total. The van der Waals surface area contributed by atoms with E-state index in [0.29, 0.717) is 0 Å². The predicted molar refractivity (Wildman–Crippen MR) is 126 cm³/mol. The third-order valence-corrected chi connectivity index (χ3v) is 3.98. The van der Waals surface area contributed by atoms with Gasteiger partial charge in [0.2, 0.25) is 0 Å². The first kappa shape index (κ1) is 22.8. The van der Waals surface area contributed by atoms with Gasteiger partial charge in [0.15, 0.2) is 0 Å². The van der Waals surface area contributed by atoms with E-state index in [4.69, 9.17) is 10.6 Å². The average Bonchev–Trinajstić information content (AvgIpc) is 3.05. The molecule has 0 amide bonds. The zero-order chi connectivity index (χ0) is 18.1. The summed E-state index contributed by atoms with van der Waals surface area (Å²) in [6.07, 6.45) is 14.8. The molecule has 1 unspecified atom stereocenters. The fraction of sp³-hybridized carbons (Fsp3) is 0.316. The van der Waals surface area contributed by atoms with Crippen molar-refractivity contribution in [2.45, 2.75) is 26.4 Å². The number of H-pyrrole nitrogens is 1. The number of nitrogens with zero attached hydrogens (tertiary/aromatic N) is 2. The van der Waals surface area contributed by atoms with Gasteiger partial charge in [-0.3, -0.25) is 5.84 Å². The van der Waals surface area contributed by atoms with Crippen LogP contribution in [0.15, 0.2) is 48.2 Å². The lowest BCUT2D eigenvalue weighted by Gasteiger charge is -2.15. The van der Waals surface area contributed by atoms with Crippen molar-refractivity contribution in [1.82, 2.24) is 15.0 Å². The van der Waals surface area contributed by atoms with E-state index in [2.05, 4.69) is 34.7 Å². The average molecular weight is 488 g/mol. The topological polar surface area (TPSA) is 67.2 Å². The Morgan fingerprint density at radius 2 is 2.19 bits per heavy atom. The quantitative estimate of drug-likeness (QED) is 0.245. The zero-order valence-electron chi connectivity index (χ0n) is 15.1. The van der Waals surface area contributed by atoms with E-state index in [1.165, 1.54) is 0 Å². The minimum absolute atomic E-state index is 0. The van der Waals surface area contributed by atoms with Gasteiger partial charge < -0.3 is 9.72 Å². The number of aromatic amines is 1. The van der Waals surface area contributed by atoms with E-state index in [1.54, 1.807) is 16.6 Å². The minimum atomic E-state index is 0. The van der Waals surface area contributed by atoms with Gasteiger partial charge in [0.1, 0.15) is 17.5 Å². The van der Waals surface area contributed by atoms with Crippen molar-refractivity contribution in [3.8, 4) is 5.75 Å². The molecule has 7 heteroatoms. The van der Waals surface area contributed by atoms with Crippen LogP contribution in [0.4, 0.5) is 0 Å². The van der Waals surface area contributed by atoms with E-state index in [0.717, 1.165) is 41.9 Å². The molecule has 1 aliphatic carbocycles. The van der Waals surface area contributed by atoms with Gasteiger partial charge in [-0.1, -0.05) is 32.1 Å². The Labute approximate surface area is 179 Å². The Bertz CT molecular complexity index is 759. The van der Waals surface area contributed by atoms with Gasteiger partial charge in [0.05, 0.1) is 6.20 Å². The molecule has 0 bridgehead atoms. The van der Waals surface area contributed by atoms with Crippen LogP contribution in [0, 0.1) is 0 Å². The summed E-state index contributed by atoms with van der Waals surface area (Å²) in [6.45, 7) is 5.94. The molecule has 0 aliphatic heterocycles. The van der Waals surface area contributed by atoms with Crippen molar-refractivity contribution in [3.05, 3.63) is 53.7 Å². The number of nitrogens with one attached hydrogen (secondary N) is 1. The van der Waals surface area contributed by atoms with Crippen molar-refractivity contribution in [2.75, 3.05) is 13.1 Å². The normalized spacial score (nSPS) is 15.8. The Hall–Kier alpha value is -1.29. The molecule has 2 aromatic heterocycles. The third-order valence-electron chi connectivity index (χ3n) is 3.83. The van der Waals surface area contributed by atoms with Gasteiger partial charge in [0.25, 0.3) is 0 Å². The van der Waals surface area contributed by atoms with Crippen LogP contribution in [-0.4, -0.2) is 34.2 Å². The molecular weight excluding hydrogens is 459 g/mol. The number of allylic oxidation sites excluding steroid dienone is 2. The number of thiol groups is 1. The molecule has 0 radical (unpaired) electrons. The van der Waals surface area contributed by atoms with Crippen molar-refractivity contribution in [1.29, 1.82) is 0 Å². The summed E-state index contributed by atoms with van der Waals surface area (Å²) in [7, 11) is 0. The van der Waals surface area contributed by atoms with Crippen LogP contribution in [0.2, 0.25) is 0 Å². The molecule has 2 aromatic rings. The molecule has 0 saturated carbocycles. The monoisotopic (exact) mass is 488 g/mol. The number of aromatic nitrogens is 2. The fourth-order valence-corrected chi connectivity index (χ4v) is 2.49.